The molecular weight excluding hydrogens is 238 g/mol. The smallest absolute Gasteiger partial charge is 0.338 e. The number of benzene rings is 1. The van der Waals surface area contributed by atoms with Crippen molar-refractivity contribution in [2.75, 3.05) is 13.7 Å². The second kappa shape index (κ2) is 5.14. The lowest BCUT2D eigenvalue weighted by Gasteiger charge is -2.24. The van der Waals surface area contributed by atoms with Crippen LogP contribution in [0.2, 0.25) is 0 Å². The van der Waals surface area contributed by atoms with E-state index >= 15 is 0 Å². The van der Waals surface area contributed by atoms with Gasteiger partial charge < -0.3 is 9.84 Å². The molecule has 0 fully saturated rings. The number of carbonyl (C=O) groups is 1. The third-order valence-electron chi connectivity index (χ3n) is 2.72. The number of carbonyl (C=O) groups excluding carboxylic acids is 1. The molecule has 0 heterocycles. The van der Waals surface area contributed by atoms with E-state index in [1.165, 1.54) is 25.3 Å². The lowest BCUT2D eigenvalue weighted by Crippen LogP contribution is -2.27. The second-order valence-corrected chi connectivity index (χ2v) is 4.49. The molecule has 1 rings (SSSR count). The maximum Gasteiger partial charge on any atom is 0.338 e. The normalized spacial score (nSPS) is 11.1. The lowest BCUT2D eigenvalue weighted by atomic mass is 9.81. The van der Waals surface area contributed by atoms with Crippen LogP contribution in [0.15, 0.2) is 18.2 Å². The van der Waals surface area contributed by atoms with Crippen LogP contribution in [0.25, 0.3) is 0 Å². The van der Waals surface area contributed by atoms with Gasteiger partial charge in [-0.25, -0.2) is 4.79 Å². The van der Waals surface area contributed by atoms with Crippen molar-refractivity contribution in [3.05, 3.63) is 39.4 Å². The summed E-state index contributed by atoms with van der Waals surface area (Å²) >= 11 is 0. The first kappa shape index (κ1) is 14.1. The van der Waals surface area contributed by atoms with Gasteiger partial charge in [0, 0.05) is 11.5 Å². The Bertz CT molecular complexity index is 481. The summed E-state index contributed by atoms with van der Waals surface area (Å²) in [6.07, 6.45) is 0. The van der Waals surface area contributed by atoms with E-state index in [0.717, 1.165) is 0 Å². The maximum absolute atomic E-state index is 11.6. The Morgan fingerprint density at radius 2 is 2.11 bits per heavy atom. The van der Waals surface area contributed by atoms with E-state index in [1.54, 1.807) is 13.8 Å². The van der Waals surface area contributed by atoms with Crippen LogP contribution < -0.4 is 0 Å². The van der Waals surface area contributed by atoms with Crippen LogP contribution in [0.5, 0.6) is 0 Å². The Kier molecular flexibility index (Phi) is 4.03. The van der Waals surface area contributed by atoms with Crippen molar-refractivity contribution in [1.29, 1.82) is 0 Å². The molecule has 1 aromatic rings. The number of aliphatic hydroxyl groups excluding tert-OH is 1. The Morgan fingerprint density at radius 3 is 2.56 bits per heavy atom. The summed E-state index contributed by atoms with van der Waals surface area (Å²) < 4.78 is 4.61. The minimum atomic E-state index is -0.910. The highest BCUT2D eigenvalue weighted by Crippen LogP contribution is 2.34. The number of nitrogens with zero attached hydrogens (tertiary/aromatic N) is 1. The number of aliphatic hydroxyl groups is 1. The largest absolute Gasteiger partial charge is 0.465 e. The zero-order valence-electron chi connectivity index (χ0n) is 10.5. The zero-order chi connectivity index (χ0) is 13.9. The van der Waals surface area contributed by atoms with Crippen molar-refractivity contribution in [2.45, 2.75) is 19.3 Å². The first-order valence-corrected chi connectivity index (χ1v) is 5.32. The van der Waals surface area contributed by atoms with E-state index in [0.29, 0.717) is 0 Å². The predicted octanol–water partition coefficient (Wildman–Crippen LogP) is 1.65. The molecule has 98 valence electrons. The molecule has 0 saturated heterocycles. The van der Waals surface area contributed by atoms with Gasteiger partial charge in [-0.3, -0.25) is 10.1 Å². The number of hydrogen-bond acceptors (Lipinski definition) is 5. The number of esters is 1. The van der Waals surface area contributed by atoms with Gasteiger partial charge in [0.2, 0.25) is 0 Å². The molecule has 1 N–H and O–H groups in total. The van der Waals surface area contributed by atoms with Gasteiger partial charge in [0.25, 0.3) is 5.69 Å². The zero-order valence-corrected chi connectivity index (χ0v) is 10.5. The summed E-state index contributed by atoms with van der Waals surface area (Å²) in [7, 11) is 1.21. The van der Waals surface area contributed by atoms with Crippen LogP contribution in [0.3, 0.4) is 0 Å². The lowest BCUT2D eigenvalue weighted by molar-refractivity contribution is -0.386. The van der Waals surface area contributed by atoms with Gasteiger partial charge in [-0.2, -0.15) is 0 Å². The van der Waals surface area contributed by atoms with Crippen LogP contribution in [0, 0.1) is 10.1 Å². The van der Waals surface area contributed by atoms with Crippen LogP contribution >= 0.6 is 0 Å². The Hall–Kier alpha value is -1.95. The second-order valence-electron chi connectivity index (χ2n) is 4.49. The molecule has 0 aromatic heterocycles. The van der Waals surface area contributed by atoms with Crippen molar-refractivity contribution in [3.63, 3.8) is 0 Å². The molecule has 0 amide bonds. The van der Waals surface area contributed by atoms with E-state index in [9.17, 15) is 20.0 Å². The number of rotatable bonds is 4. The van der Waals surface area contributed by atoms with Crippen LogP contribution in [-0.4, -0.2) is 29.7 Å². The van der Waals surface area contributed by atoms with Crippen LogP contribution in [0.4, 0.5) is 5.69 Å². The van der Waals surface area contributed by atoms with Gasteiger partial charge in [0.15, 0.2) is 0 Å². The third-order valence-corrected chi connectivity index (χ3v) is 2.72. The van der Waals surface area contributed by atoms with Crippen molar-refractivity contribution < 1.29 is 19.6 Å². The molecule has 0 spiro atoms. The third kappa shape index (κ3) is 2.48. The monoisotopic (exact) mass is 253 g/mol. The summed E-state index contributed by atoms with van der Waals surface area (Å²) in [5.41, 5.74) is -0.820. The summed E-state index contributed by atoms with van der Waals surface area (Å²) in [5.74, 6) is -0.657. The standard InChI is InChI=1S/C12H15NO5/c1-12(2,7-14)10-8(11(15)18-3)5-4-6-9(10)13(16)17/h4-6,14H,7H2,1-3H3. The highest BCUT2D eigenvalue weighted by Gasteiger charge is 2.33. The molecule has 0 atom stereocenters. The van der Waals surface area contributed by atoms with Crippen LogP contribution in [0.1, 0.15) is 29.8 Å². The Labute approximate surface area is 104 Å². The first-order chi connectivity index (χ1) is 8.35. The quantitative estimate of drug-likeness (QED) is 0.500. The predicted molar refractivity (Wildman–Crippen MR) is 64.5 cm³/mol. The minimum absolute atomic E-state index is 0.103. The Morgan fingerprint density at radius 1 is 1.50 bits per heavy atom. The SMILES string of the molecule is COC(=O)c1cccc([N+](=O)[O-])c1C(C)(C)CO. The number of ether oxygens (including phenoxy) is 1. The van der Waals surface area contributed by atoms with Crippen molar-refractivity contribution in [3.8, 4) is 0 Å². The summed E-state index contributed by atoms with van der Waals surface area (Å²) in [5, 5.41) is 20.4. The molecule has 18 heavy (non-hydrogen) atoms. The van der Waals surface area contributed by atoms with E-state index in [1.807, 2.05) is 0 Å². The highest BCUT2D eigenvalue weighted by atomic mass is 16.6. The van der Waals surface area contributed by atoms with E-state index in [4.69, 9.17) is 0 Å². The molecule has 6 nitrogen and oxygen atoms in total. The molecule has 1 aromatic carbocycles. The molecule has 0 saturated carbocycles. The van der Waals surface area contributed by atoms with Crippen LogP contribution in [-0.2, 0) is 10.2 Å². The average molecular weight is 253 g/mol. The fourth-order valence-corrected chi connectivity index (χ4v) is 1.76. The van der Waals surface area contributed by atoms with Crippen molar-refractivity contribution in [1.82, 2.24) is 0 Å². The number of methoxy groups -OCH3 is 1. The Balaban J connectivity index is 3.59. The first-order valence-electron chi connectivity index (χ1n) is 5.32. The van der Waals surface area contributed by atoms with Gasteiger partial charge in [0.1, 0.15) is 0 Å². The van der Waals surface area contributed by atoms with E-state index in [2.05, 4.69) is 4.74 Å². The number of nitro groups is 1. The number of nitro benzene ring substituents is 1. The topological polar surface area (TPSA) is 89.7 Å². The summed E-state index contributed by atoms with van der Waals surface area (Å²) in [4.78, 5) is 22.1. The fourth-order valence-electron chi connectivity index (χ4n) is 1.76. The van der Waals surface area contributed by atoms with E-state index in [-0.39, 0.29) is 23.4 Å². The molecule has 0 aliphatic carbocycles. The van der Waals surface area contributed by atoms with Crippen molar-refractivity contribution >= 4 is 11.7 Å². The van der Waals surface area contributed by atoms with E-state index < -0.39 is 16.3 Å². The minimum Gasteiger partial charge on any atom is -0.465 e. The molecule has 0 unspecified atom stereocenters. The average Bonchev–Trinajstić information content (AvgIpc) is 2.36. The summed E-state index contributed by atoms with van der Waals surface area (Å²) in [6.45, 7) is 2.94. The highest BCUT2D eigenvalue weighted by molar-refractivity contribution is 5.92. The number of hydrogen-bond donors (Lipinski definition) is 1. The molecular formula is C12H15NO5. The molecule has 0 aliphatic rings. The molecule has 0 aliphatic heterocycles. The van der Waals surface area contributed by atoms with Gasteiger partial charge in [0.05, 0.1) is 29.8 Å². The maximum atomic E-state index is 11.6. The molecule has 0 bridgehead atoms. The summed E-state index contributed by atoms with van der Waals surface area (Å²) in [6, 6.07) is 4.17. The van der Waals surface area contributed by atoms with Gasteiger partial charge in [-0.1, -0.05) is 19.9 Å². The van der Waals surface area contributed by atoms with Crippen molar-refractivity contribution in [2.24, 2.45) is 0 Å². The van der Waals surface area contributed by atoms with Gasteiger partial charge >= 0.3 is 5.97 Å². The molecule has 6 heteroatoms. The molecule has 0 radical (unpaired) electrons. The fraction of sp³-hybridized carbons (Fsp3) is 0.417. The van der Waals surface area contributed by atoms with Gasteiger partial charge in [-0.05, 0) is 6.07 Å². The van der Waals surface area contributed by atoms with Gasteiger partial charge in [-0.15, -0.1) is 0 Å².